The molecule has 1 heterocycles. The number of carbonyl (C=O) groups is 2. The van der Waals surface area contributed by atoms with Crippen molar-refractivity contribution in [1.82, 2.24) is 0 Å². The summed E-state index contributed by atoms with van der Waals surface area (Å²) >= 11 is 0. The smallest absolute Gasteiger partial charge is 0.308 e. The molecule has 1 aromatic carbocycles. The van der Waals surface area contributed by atoms with Gasteiger partial charge >= 0.3 is 5.97 Å². The minimum atomic E-state index is -0.861. The van der Waals surface area contributed by atoms with E-state index >= 15 is 0 Å². The molecule has 5 atom stereocenters. The lowest BCUT2D eigenvalue weighted by Gasteiger charge is -2.40. The van der Waals surface area contributed by atoms with Crippen molar-refractivity contribution in [2.75, 3.05) is 5.73 Å². The number of carboxylic acid groups (broad SMARTS) is 1. The first-order valence-electron chi connectivity index (χ1n) is 8.06. The molecule has 1 fully saturated rings. The average Bonchev–Trinajstić information content (AvgIpc) is 2.49. The third-order valence-corrected chi connectivity index (χ3v) is 4.77. The number of nitrogen functional groups attached to an aromatic ring is 1. The molecule has 1 saturated heterocycles. The van der Waals surface area contributed by atoms with Gasteiger partial charge in [0.25, 0.3) is 0 Å². The van der Waals surface area contributed by atoms with Crippen LogP contribution in [0.25, 0.3) is 0 Å². The molecule has 0 aromatic heterocycles. The lowest BCUT2D eigenvalue weighted by atomic mass is 9.80. The molecule has 5 heteroatoms. The van der Waals surface area contributed by atoms with Crippen LogP contribution < -0.4 is 5.73 Å². The number of Topliss-reactive ketones (excluding diaryl/α,β-unsaturated/α-hetero) is 1. The maximum atomic E-state index is 12.4. The number of benzene rings is 1. The molecule has 2 rings (SSSR count). The van der Waals surface area contributed by atoms with Gasteiger partial charge in [-0.1, -0.05) is 13.8 Å². The van der Waals surface area contributed by atoms with Crippen LogP contribution in [0.5, 0.6) is 0 Å². The molecule has 0 radical (unpaired) electrons. The SMILES string of the molecule is CC1CC(C)C(C(C)C(=O)O)OC1CC(=O)c1ccc(N)cc1. The molecule has 0 spiro atoms. The summed E-state index contributed by atoms with van der Waals surface area (Å²) in [6, 6.07) is 6.84. The second kappa shape index (κ2) is 7.13. The highest BCUT2D eigenvalue weighted by atomic mass is 16.5. The van der Waals surface area contributed by atoms with Gasteiger partial charge in [0.2, 0.25) is 0 Å². The van der Waals surface area contributed by atoms with E-state index in [0.29, 0.717) is 11.3 Å². The van der Waals surface area contributed by atoms with E-state index < -0.39 is 11.9 Å². The summed E-state index contributed by atoms with van der Waals surface area (Å²) in [5, 5.41) is 9.23. The Morgan fingerprint density at radius 2 is 1.87 bits per heavy atom. The largest absolute Gasteiger partial charge is 0.481 e. The number of anilines is 1. The van der Waals surface area contributed by atoms with Gasteiger partial charge in [-0.2, -0.15) is 0 Å². The Morgan fingerprint density at radius 3 is 2.43 bits per heavy atom. The van der Waals surface area contributed by atoms with Crippen LogP contribution >= 0.6 is 0 Å². The molecular weight excluding hydrogens is 294 g/mol. The standard InChI is InChI=1S/C18H25NO4/c1-10-8-11(2)17(12(3)18(21)22)23-16(10)9-15(20)13-4-6-14(19)7-5-13/h4-7,10-12,16-17H,8-9,19H2,1-3H3,(H,21,22). The number of ketones is 1. The van der Waals surface area contributed by atoms with E-state index in [1.807, 2.05) is 6.92 Å². The molecule has 1 aliphatic heterocycles. The number of carbonyl (C=O) groups excluding carboxylic acids is 1. The number of aliphatic carboxylic acids is 1. The topological polar surface area (TPSA) is 89.6 Å². The highest BCUT2D eigenvalue weighted by Gasteiger charge is 2.39. The van der Waals surface area contributed by atoms with Gasteiger partial charge in [-0.05, 0) is 49.4 Å². The fourth-order valence-corrected chi connectivity index (χ4v) is 3.31. The Morgan fingerprint density at radius 1 is 1.26 bits per heavy atom. The zero-order valence-electron chi connectivity index (χ0n) is 13.9. The van der Waals surface area contributed by atoms with Crippen molar-refractivity contribution in [1.29, 1.82) is 0 Å². The first-order valence-corrected chi connectivity index (χ1v) is 8.06. The van der Waals surface area contributed by atoms with E-state index in [4.69, 9.17) is 10.5 Å². The Hall–Kier alpha value is -1.88. The third-order valence-electron chi connectivity index (χ3n) is 4.77. The Balaban J connectivity index is 2.07. The van der Waals surface area contributed by atoms with Gasteiger partial charge in [-0.15, -0.1) is 0 Å². The fourth-order valence-electron chi connectivity index (χ4n) is 3.31. The van der Waals surface area contributed by atoms with Gasteiger partial charge in [-0.3, -0.25) is 9.59 Å². The normalized spacial score (nSPS) is 29.0. The van der Waals surface area contributed by atoms with E-state index in [1.54, 1.807) is 31.2 Å². The van der Waals surface area contributed by atoms with Gasteiger partial charge in [-0.25, -0.2) is 0 Å². The molecule has 5 unspecified atom stereocenters. The van der Waals surface area contributed by atoms with Crippen molar-refractivity contribution in [3.8, 4) is 0 Å². The predicted octanol–water partition coefficient (Wildman–Crippen LogP) is 2.99. The molecule has 0 amide bonds. The molecule has 1 aliphatic rings. The lowest BCUT2D eigenvalue weighted by molar-refractivity contribution is -0.162. The minimum Gasteiger partial charge on any atom is -0.481 e. The maximum absolute atomic E-state index is 12.4. The maximum Gasteiger partial charge on any atom is 0.308 e. The predicted molar refractivity (Wildman–Crippen MR) is 88.2 cm³/mol. The van der Waals surface area contributed by atoms with E-state index in [2.05, 4.69) is 6.92 Å². The highest BCUT2D eigenvalue weighted by Crippen LogP contribution is 2.35. The summed E-state index contributed by atoms with van der Waals surface area (Å²) in [5.74, 6) is -1.05. The van der Waals surface area contributed by atoms with Crippen molar-refractivity contribution in [3.05, 3.63) is 29.8 Å². The van der Waals surface area contributed by atoms with Gasteiger partial charge in [0.1, 0.15) is 0 Å². The van der Waals surface area contributed by atoms with Crippen LogP contribution in [-0.2, 0) is 9.53 Å². The van der Waals surface area contributed by atoms with Gasteiger partial charge in [0, 0.05) is 17.7 Å². The van der Waals surface area contributed by atoms with Gasteiger partial charge < -0.3 is 15.6 Å². The van der Waals surface area contributed by atoms with Crippen LogP contribution in [0.3, 0.4) is 0 Å². The summed E-state index contributed by atoms with van der Waals surface area (Å²) in [6.45, 7) is 5.73. The number of rotatable bonds is 5. The highest BCUT2D eigenvalue weighted by molar-refractivity contribution is 5.96. The van der Waals surface area contributed by atoms with Crippen molar-refractivity contribution in [3.63, 3.8) is 0 Å². The monoisotopic (exact) mass is 319 g/mol. The zero-order valence-corrected chi connectivity index (χ0v) is 13.9. The molecule has 0 bridgehead atoms. The van der Waals surface area contributed by atoms with Crippen molar-refractivity contribution >= 4 is 17.4 Å². The Labute approximate surface area is 136 Å². The summed E-state index contributed by atoms with van der Waals surface area (Å²) < 4.78 is 6.02. The fraction of sp³-hybridized carbons (Fsp3) is 0.556. The summed E-state index contributed by atoms with van der Waals surface area (Å²) in [5.41, 5.74) is 6.86. The van der Waals surface area contributed by atoms with Crippen LogP contribution in [0, 0.1) is 17.8 Å². The van der Waals surface area contributed by atoms with E-state index in [-0.39, 0.29) is 36.2 Å². The number of carboxylic acids is 1. The molecule has 23 heavy (non-hydrogen) atoms. The van der Waals surface area contributed by atoms with E-state index in [1.165, 1.54) is 0 Å². The molecule has 1 aromatic rings. The first kappa shape index (κ1) is 17.5. The van der Waals surface area contributed by atoms with E-state index in [9.17, 15) is 14.7 Å². The molecule has 3 N–H and O–H groups in total. The molecular formula is C18H25NO4. The van der Waals surface area contributed by atoms with Crippen LogP contribution in [0.2, 0.25) is 0 Å². The second-order valence-corrected chi connectivity index (χ2v) is 6.71. The third kappa shape index (κ3) is 4.10. The molecule has 0 aliphatic carbocycles. The van der Waals surface area contributed by atoms with Crippen molar-refractivity contribution < 1.29 is 19.4 Å². The van der Waals surface area contributed by atoms with Crippen LogP contribution in [0.4, 0.5) is 5.69 Å². The Bertz CT molecular complexity index is 569. The Kier molecular flexibility index (Phi) is 5.42. The summed E-state index contributed by atoms with van der Waals surface area (Å²) in [6.07, 6.45) is 0.527. The quantitative estimate of drug-likeness (QED) is 0.643. The summed E-state index contributed by atoms with van der Waals surface area (Å²) in [4.78, 5) is 23.7. The van der Waals surface area contributed by atoms with Crippen LogP contribution in [-0.4, -0.2) is 29.1 Å². The second-order valence-electron chi connectivity index (χ2n) is 6.71. The van der Waals surface area contributed by atoms with Crippen molar-refractivity contribution in [2.24, 2.45) is 17.8 Å². The zero-order chi connectivity index (χ0) is 17.1. The van der Waals surface area contributed by atoms with Gasteiger partial charge in [0.05, 0.1) is 18.1 Å². The van der Waals surface area contributed by atoms with Crippen molar-refractivity contribution in [2.45, 2.75) is 45.8 Å². The van der Waals surface area contributed by atoms with Crippen LogP contribution in [0.15, 0.2) is 24.3 Å². The minimum absolute atomic E-state index is 0.00173. The average molecular weight is 319 g/mol. The first-order chi connectivity index (χ1) is 10.8. The molecule has 5 nitrogen and oxygen atoms in total. The number of ether oxygens (including phenoxy) is 1. The number of hydrogen-bond acceptors (Lipinski definition) is 4. The van der Waals surface area contributed by atoms with Gasteiger partial charge in [0.15, 0.2) is 5.78 Å². The number of hydrogen-bond donors (Lipinski definition) is 2. The lowest BCUT2D eigenvalue weighted by Crippen LogP contribution is -2.45. The molecule has 126 valence electrons. The number of nitrogens with two attached hydrogens (primary N) is 1. The molecule has 0 saturated carbocycles. The van der Waals surface area contributed by atoms with Crippen LogP contribution in [0.1, 0.15) is 44.0 Å². The van der Waals surface area contributed by atoms with E-state index in [0.717, 1.165) is 6.42 Å². The summed E-state index contributed by atoms with van der Waals surface area (Å²) in [7, 11) is 0.